The Hall–Kier alpha value is -15.2. The number of aliphatic hydroxyl groups is 1. The van der Waals surface area contributed by atoms with Crippen molar-refractivity contribution in [1.82, 2.24) is 87.1 Å². The maximum atomic E-state index is 15.4. The zero-order valence-corrected chi connectivity index (χ0v) is 79.3. The normalized spacial score (nSPS) is 13.3. The fraction of sp³-hybridized carbons (Fsp3) is 0.283. The highest BCUT2D eigenvalue weighted by atomic mass is 79.9. The molecule has 0 spiro atoms. The second-order valence-corrected chi connectivity index (χ2v) is 36.6. The van der Waals surface area contributed by atoms with Gasteiger partial charge in [-0.2, -0.15) is 46.4 Å². The summed E-state index contributed by atoms with van der Waals surface area (Å²) in [7, 11) is 10.2. The number of pyridine rings is 3. The standard InChI is InChI=1S/C33H33FN8O3.C33H31FN8O3.C20H14BrFN2O2.C13H17ClN6O/c2*1-33(2,19-35)21-13-20-9-12-42(32(45)30(20)25(34)14-21)28-8-5-7-23(24(28)18-43)26-16-27(31(44)40(4)37-26)36-29-15-22(39(3)38-29)17-41-10-6-11-41;1-20(2,11-23)13-8-12-6-7-24(19(26)18(12)16(22)9-13)17-5-3-4-15(21)14(17)10-25;1-18-9(8-20-4-3-5-20)6-12(17-18)15-10-7-11(14)16-19(2)13(10)21/h5,7-9,12-16,43H,6,10-11,17-18H2,1-4H3,(H,36,38);5,7-9,12-16,18H,6,10-11,17H2,1-4H3,(H,36,38);3-10H,1-2H3;6-7H,3-5,8H2,1-2H3,(H,15,17). The van der Waals surface area contributed by atoms with Gasteiger partial charge in [-0.25, -0.2) is 27.2 Å². The molecular formula is C99H95BrClF3N24O9. The lowest BCUT2D eigenvalue weighted by Crippen LogP contribution is -2.36. The van der Waals surface area contributed by atoms with E-state index < -0.39 is 62.5 Å². The highest BCUT2D eigenvalue weighted by molar-refractivity contribution is 9.10. The topological polar surface area (TPSA) is 396 Å². The number of nitriles is 3. The summed E-state index contributed by atoms with van der Waals surface area (Å²) >= 11 is 9.16. The van der Waals surface area contributed by atoms with Crippen molar-refractivity contribution in [1.29, 1.82) is 15.8 Å². The van der Waals surface area contributed by atoms with Crippen LogP contribution in [0.5, 0.6) is 0 Å². The minimum Gasteiger partial charge on any atom is -0.392 e. The van der Waals surface area contributed by atoms with Crippen molar-refractivity contribution in [3.05, 3.63) is 304 Å². The van der Waals surface area contributed by atoms with Gasteiger partial charge in [0.15, 0.2) is 35.2 Å². The van der Waals surface area contributed by atoms with E-state index in [1.807, 2.05) is 44.0 Å². The van der Waals surface area contributed by atoms with Crippen molar-refractivity contribution in [3.63, 3.8) is 0 Å². The molecule has 3 aliphatic rings. The van der Waals surface area contributed by atoms with Crippen molar-refractivity contribution in [2.45, 2.75) is 103 Å². The Balaban J connectivity index is 0.000000145. The second kappa shape index (κ2) is 39.4. The first-order chi connectivity index (χ1) is 65.3. The lowest BCUT2D eigenvalue weighted by molar-refractivity contribution is 0.111. The van der Waals surface area contributed by atoms with Gasteiger partial charge in [-0.1, -0.05) is 41.9 Å². The number of carbonyl (C=O) groups excluding carboxylic acids is 2. The molecule has 18 rings (SSSR count). The molecule has 3 saturated heterocycles. The Labute approximate surface area is 795 Å². The molecule has 137 heavy (non-hydrogen) atoms. The number of anilines is 6. The highest BCUT2D eigenvalue weighted by Gasteiger charge is 2.30. The van der Waals surface area contributed by atoms with Crippen LogP contribution in [0.15, 0.2) is 197 Å². The van der Waals surface area contributed by atoms with Gasteiger partial charge in [-0.05, 0) is 240 Å². The van der Waals surface area contributed by atoms with Crippen LogP contribution < -0.4 is 49.3 Å². The molecule has 4 N–H and O–H groups in total. The van der Waals surface area contributed by atoms with Gasteiger partial charge in [0.25, 0.3) is 33.4 Å². The molecule has 0 saturated carbocycles. The lowest BCUT2D eigenvalue weighted by atomic mass is 9.85. The number of aryl methyl sites for hydroxylation is 6. The first-order valence-electron chi connectivity index (χ1n) is 43.7. The van der Waals surface area contributed by atoms with Gasteiger partial charge >= 0.3 is 0 Å². The van der Waals surface area contributed by atoms with Gasteiger partial charge in [0.05, 0.1) is 108 Å². The Morgan fingerprint density at radius 1 is 0.416 bits per heavy atom. The van der Waals surface area contributed by atoms with E-state index in [1.54, 1.807) is 161 Å². The number of fused-ring (bicyclic) bond motifs is 3. The Kier molecular flexibility index (Phi) is 27.7. The molecule has 33 nitrogen and oxygen atoms in total. The summed E-state index contributed by atoms with van der Waals surface area (Å²) in [5, 5.41) is 75.2. The van der Waals surface area contributed by atoms with Crippen molar-refractivity contribution < 1.29 is 27.9 Å². The molecular weight excluding hydrogens is 1840 g/mol. The maximum absolute atomic E-state index is 15.4. The van der Waals surface area contributed by atoms with E-state index in [0.717, 1.165) is 76.0 Å². The third-order valence-corrected chi connectivity index (χ3v) is 25.6. The van der Waals surface area contributed by atoms with Crippen molar-refractivity contribution in [2.24, 2.45) is 42.3 Å². The van der Waals surface area contributed by atoms with E-state index in [4.69, 9.17) is 11.6 Å². The summed E-state index contributed by atoms with van der Waals surface area (Å²) in [5.41, 5.74) is 3.03. The number of carbonyl (C=O) groups is 2. The fourth-order valence-electron chi connectivity index (χ4n) is 16.2. The molecule has 0 bridgehead atoms. The van der Waals surface area contributed by atoms with Crippen LogP contribution in [-0.2, 0) is 84.8 Å². The summed E-state index contributed by atoms with van der Waals surface area (Å²) in [4.78, 5) is 109. The van der Waals surface area contributed by atoms with Crippen LogP contribution in [0.3, 0.4) is 0 Å². The molecule has 12 heterocycles. The van der Waals surface area contributed by atoms with Crippen LogP contribution in [0.2, 0.25) is 5.15 Å². The smallest absolute Gasteiger partial charge is 0.290 e. The number of nitrogens with zero attached hydrogens (tertiary/aromatic N) is 21. The number of halogens is 5. The summed E-state index contributed by atoms with van der Waals surface area (Å²) in [6.45, 7) is 18.5. The van der Waals surface area contributed by atoms with E-state index in [-0.39, 0.29) is 55.1 Å². The quantitative estimate of drug-likeness (QED) is 0.0432. The number of rotatable bonds is 23. The molecule has 700 valence electrons. The van der Waals surface area contributed by atoms with Crippen molar-refractivity contribution in [3.8, 4) is 57.8 Å². The zero-order valence-electron chi connectivity index (χ0n) is 76.9. The molecule has 38 heteroatoms. The predicted molar refractivity (Wildman–Crippen MR) is 519 cm³/mol. The molecule has 0 unspecified atom stereocenters. The molecule has 3 fully saturated rings. The van der Waals surface area contributed by atoms with Gasteiger partial charge in [-0.15, -0.1) is 0 Å². The number of benzene rings is 6. The van der Waals surface area contributed by atoms with E-state index in [0.29, 0.717) is 118 Å². The number of hydrogen-bond acceptors (Lipinski definition) is 24. The summed E-state index contributed by atoms with van der Waals surface area (Å²) in [6.07, 6.45) is 9.37. The van der Waals surface area contributed by atoms with Crippen LogP contribution in [0.25, 0.3) is 71.9 Å². The minimum atomic E-state index is -0.952. The summed E-state index contributed by atoms with van der Waals surface area (Å²) in [6, 6.07) is 45.2. The van der Waals surface area contributed by atoms with Crippen molar-refractivity contribution in [2.75, 3.05) is 55.2 Å². The van der Waals surface area contributed by atoms with Crippen LogP contribution >= 0.6 is 27.5 Å². The molecule has 0 amide bonds. The van der Waals surface area contributed by atoms with Gasteiger partial charge in [0.1, 0.15) is 34.5 Å². The Morgan fingerprint density at radius 3 is 1.09 bits per heavy atom. The highest BCUT2D eigenvalue weighted by Crippen LogP contribution is 2.36. The number of likely N-dealkylation sites (tertiary alicyclic amines) is 3. The Morgan fingerprint density at radius 2 is 0.745 bits per heavy atom. The van der Waals surface area contributed by atoms with Gasteiger partial charge in [0, 0.05) is 132 Å². The average Bonchev–Trinajstić information content (AvgIpc) is 1.11. The predicted octanol–water partition coefficient (Wildman–Crippen LogP) is 13.7. The van der Waals surface area contributed by atoms with Gasteiger partial charge in [-0.3, -0.25) is 80.8 Å². The molecule has 0 aliphatic carbocycles. The third-order valence-electron chi connectivity index (χ3n) is 24.7. The SMILES string of the molecule is CC(C)(C#N)c1cc(F)c2c(=O)n(-c3cccc(Br)c3C=O)ccc2c1.Cn1nc(Nc2cc(-c3cccc(-n4ccc5cc(C(C)(C)C#N)cc(F)c5c4=O)c3C=O)nn(C)c2=O)cc1CN1CCC1.Cn1nc(Nc2cc(-c3cccc(-n4ccc5cc(C(C)(C)C#N)cc(F)c5c4=O)c3CO)nn(C)c2=O)cc1CN1CCC1.Cn1nc(Nc2cc(Cl)nn(C)c2=O)cc1CN1CCC1. The van der Waals surface area contributed by atoms with E-state index in [2.05, 4.69) is 95.4 Å². The van der Waals surface area contributed by atoms with Crippen LogP contribution in [-0.4, -0.2) is 144 Å². The first kappa shape index (κ1) is 96.4. The lowest BCUT2D eigenvalue weighted by Gasteiger charge is -2.30. The van der Waals surface area contributed by atoms with Crippen LogP contribution in [0.1, 0.15) is 121 Å². The largest absolute Gasteiger partial charge is 0.392 e. The Bertz CT molecular complexity index is 7890. The first-order valence-corrected chi connectivity index (χ1v) is 44.8. The average molecular weight is 1940 g/mol. The molecule has 9 aromatic heterocycles. The maximum Gasteiger partial charge on any atom is 0.290 e. The number of aldehydes is 2. The molecule has 0 radical (unpaired) electrons. The fourth-order valence-corrected chi connectivity index (χ4v) is 16.9. The van der Waals surface area contributed by atoms with E-state index in [9.17, 15) is 63.6 Å². The third kappa shape index (κ3) is 19.9. The molecule has 15 aromatic rings. The van der Waals surface area contributed by atoms with Crippen molar-refractivity contribution >= 4 is 107 Å². The number of aromatic nitrogens is 15. The number of aliphatic hydroxyl groups excluding tert-OH is 1. The number of nitrogens with one attached hydrogen (secondary N) is 3. The number of hydrogen-bond donors (Lipinski definition) is 4. The van der Waals surface area contributed by atoms with Crippen LogP contribution in [0.4, 0.5) is 47.7 Å². The monoisotopic (exact) mass is 1930 g/mol. The van der Waals surface area contributed by atoms with E-state index >= 15 is 8.78 Å². The molecule has 0 atom stereocenters. The van der Waals surface area contributed by atoms with E-state index in [1.165, 1.54) is 104 Å². The van der Waals surface area contributed by atoms with Crippen LogP contribution in [0, 0.1) is 51.4 Å². The summed E-state index contributed by atoms with van der Waals surface area (Å²) < 4.78 is 58.7. The molecule has 3 aliphatic heterocycles. The second-order valence-electron chi connectivity index (χ2n) is 35.3. The van der Waals surface area contributed by atoms with Gasteiger partial charge in [0.2, 0.25) is 0 Å². The molecule has 6 aromatic carbocycles. The zero-order chi connectivity index (χ0) is 98.1. The summed E-state index contributed by atoms with van der Waals surface area (Å²) in [5.74, 6) is -0.533. The van der Waals surface area contributed by atoms with Gasteiger partial charge < -0.3 is 21.1 Å². The minimum absolute atomic E-state index is 0.0817.